The molecule has 3 rings (SSSR count). The van der Waals surface area contributed by atoms with Gasteiger partial charge in [-0.1, -0.05) is 18.2 Å². The predicted octanol–water partition coefficient (Wildman–Crippen LogP) is 1.84. The monoisotopic (exact) mass is 376 g/mol. The maximum atomic E-state index is 12.3. The average molecular weight is 377 g/mol. The van der Waals surface area contributed by atoms with Crippen molar-refractivity contribution in [1.82, 2.24) is 20.0 Å². The van der Waals surface area contributed by atoms with E-state index in [1.807, 2.05) is 32.0 Å². The SMILES string of the molecule is CCNc1nc(NCC)nc(NN2C(=O)C(Cl)C2c2ccccc2N)n1. The molecule has 1 fully saturated rings. The highest BCUT2D eigenvalue weighted by Crippen LogP contribution is 2.40. The van der Waals surface area contributed by atoms with Gasteiger partial charge in [-0.05, 0) is 19.9 Å². The standard InChI is InChI=1S/C16H21ClN8O/c1-3-19-14-21-15(20-4-2)23-16(22-14)24-25-12(11(17)13(25)26)9-7-5-6-8-10(9)18/h5-8,11-12H,3-4,18H2,1-2H3,(H3,19,20,21,22,23,24). The summed E-state index contributed by atoms with van der Waals surface area (Å²) in [5, 5.41) is 6.77. The van der Waals surface area contributed by atoms with Crippen LogP contribution in [0.5, 0.6) is 0 Å². The van der Waals surface area contributed by atoms with Crippen LogP contribution in [0.3, 0.4) is 0 Å². The predicted molar refractivity (Wildman–Crippen MR) is 102 cm³/mol. The van der Waals surface area contributed by atoms with E-state index in [0.717, 1.165) is 5.56 Å². The number of hydrazine groups is 1. The normalized spacial score (nSPS) is 19.0. The average Bonchev–Trinajstić information content (AvgIpc) is 2.63. The number of amides is 1. The largest absolute Gasteiger partial charge is 0.398 e. The molecule has 0 aliphatic carbocycles. The molecule has 26 heavy (non-hydrogen) atoms. The molecule has 1 aromatic carbocycles. The van der Waals surface area contributed by atoms with Gasteiger partial charge in [-0.25, -0.2) is 5.01 Å². The molecule has 5 N–H and O–H groups in total. The lowest BCUT2D eigenvalue weighted by Gasteiger charge is -2.44. The number of para-hydroxylation sites is 1. The topological polar surface area (TPSA) is 121 Å². The number of nitrogens with two attached hydrogens (primary N) is 1. The second-order valence-electron chi connectivity index (χ2n) is 5.66. The van der Waals surface area contributed by atoms with Crippen LogP contribution < -0.4 is 21.8 Å². The van der Waals surface area contributed by atoms with Crippen LogP contribution >= 0.6 is 11.6 Å². The van der Waals surface area contributed by atoms with Crippen molar-refractivity contribution in [2.45, 2.75) is 25.3 Å². The summed E-state index contributed by atoms with van der Waals surface area (Å²) in [7, 11) is 0. The van der Waals surface area contributed by atoms with E-state index in [0.29, 0.717) is 30.7 Å². The lowest BCUT2D eigenvalue weighted by Crippen LogP contribution is -2.59. The van der Waals surface area contributed by atoms with E-state index in [1.54, 1.807) is 6.07 Å². The van der Waals surface area contributed by atoms with Crippen molar-refractivity contribution in [3.8, 4) is 0 Å². The van der Waals surface area contributed by atoms with Crippen molar-refractivity contribution in [1.29, 1.82) is 0 Å². The number of nitrogen functional groups attached to an aromatic ring is 1. The number of hydrogen-bond donors (Lipinski definition) is 4. The molecule has 2 heterocycles. The smallest absolute Gasteiger partial charge is 0.262 e. The van der Waals surface area contributed by atoms with Crippen molar-refractivity contribution in [2.75, 3.05) is 34.9 Å². The van der Waals surface area contributed by atoms with Crippen molar-refractivity contribution < 1.29 is 4.79 Å². The number of rotatable bonds is 7. The van der Waals surface area contributed by atoms with E-state index >= 15 is 0 Å². The number of benzene rings is 1. The van der Waals surface area contributed by atoms with E-state index in [-0.39, 0.29) is 11.9 Å². The highest BCUT2D eigenvalue weighted by molar-refractivity contribution is 6.33. The third-order valence-electron chi connectivity index (χ3n) is 3.87. The number of carbonyl (C=O) groups excluding carboxylic acids is 1. The maximum absolute atomic E-state index is 12.3. The second-order valence-corrected chi connectivity index (χ2v) is 6.13. The molecule has 2 unspecified atom stereocenters. The number of anilines is 4. The first-order valence-electron chi connectivity index (χ1n) is 8.37. The van der Waals surface area contributed by atoms with Gasteiger partial charge in [0.1, 0.15) is 11.4 Å². The van der Waals surface area contributed by atoms with Crippen LogP contribution in [0.4, 0.5) is 23.5 Å². The Balaban J connectivity index is 1.87. The molecule has 2 aromatic rings. The lowest BCUT2D eigenvalue weighted by atomic mass is 9.94. The van der Waals surface area contributed by atoms with E-state index < -0.39 is 11.4 Å². The number of nitrogens with zero attached hydrogens (tertiary/aromatic N) is 4. The Morgan fingerprint density at radius 2 is 1.65 bits per heavy atom. The summed E-state index contributed by atoms with van der Waals surface area (Å²) in [5.74, 6) is 0.790. The van der Waals surface area contributed by atoms with E-state index in [4.69, 9.17) is 17.3 Å². The molecule has 1 aromatic heterocycles. The highest BCUT2D eigenvalue weighted by Gasteiger charge is 2.48. The second kappa shape index (κ2) is 7.61. The summed E-state index contributed by atoms with van der Waals surface area (Å²) in [6.45, 7) is 5.19. The summed E-state index contributed by atoms with van der Waals surface area (Å²) in [6.07, 6.45) is 0. The van der Waals surface area contributed by atoms with Gasteiger partial charge in [0.05, 0.1) is 0 Å². The van der Waals surface area contributed by atoms with Gasteiger partial charge in [0.2, 0.25) is 17.8 Å². The fourth-order valence-electron chi connectivity index (χ4n) is 2.66. The number of alkyl halides is 1. The van der Waals surface area contributed by atoms with Gasteiger partial charge in [-0.15, -0.1) is 11.6 Å². The Morgan fingerprint density at radius 1 is 1.08 bits per heavy atom. The minimum absolute atomic E-state index is 0.239. The zero-order chi connectivity index (χ0) is 18.7. The quantitative estimate of drug-likeness (QED) is 0.328. The Bertz CT molecular complexity index is 777. The fraction of sp³-hybridized carbons (Fsp3) is 0.375. The van der Waals surface area contributed by atoms with Crippen LogP contribution in [-0.2, 0) is 4.79 Å². The number of β-lactam (4-membered cyclic amide) rings is 1. The zero-order valence-electron chi connectivity index (χ0n) is 14.5. The summed E-state index contributed by atoms with van der Waals surface area (Å²) in [6, 6.07) is 6.89. The van der Waals surface area contributed by atoms with E-state index in [9.17, 15) is 4.79 Å². The lowest BCUT2D eigenvalue weighted by molar-refractivity contribution is -0.143. The van der Waals surface area contributed by atoms with Crippen LogP contribution in [0.15, 0.2) is 24.3 Å². The molecular formula is C16H21ClN8O. The number of hydrogen-bond acceptors (Lipinski definition) is 8. The first-order chi connectivity index (χ1) is 12.5. The van der Waals surface area contributed by atoms with Gasteiger partial charge in [0, 0.05) is 24.3 Å². The number of halogens is 1. The molecule has 1 amide bonds. The van der Waals surface area contributed by atoms with Crippen LogP contribution in [0.1, 0.15) is 25.5 Å². The molecule has 1 aliphatic rings. The van der Waals surface area contributed by atoms with Gasteiger partial charge in [-0.2, -0.15) is 15.0 Å². The van der Waals surface area contributed by atoms with Crippen molar-refractivity contribution in [3.05, 3.63) is 29.8 Å². The molecule has 10 heteroatoms. The Kier molecular flexibility index (Phi) is 5.27. The third kappa shape index (κ3) is 3.43. The van der Waals surface area contributed by atoms with Crippen molar-refractivity contribution >= 4 is 41.0 Å². The molecule has 0 spiro atoms. The minimum Gasteiger partial charge on any atom is -0.398 e. The Hall–Kier alpha value is -2.81. The molecule has 9 nitrogen and oxygen atoms in total. The molecule has 0 saturated carbocycles. The molecule has 138 valence electrons. The molecule has 1 aliphatic heterocycles. The molecular weight excluding hydrogens is 356 g/mol. The van der Waals surface area contributed by atoms with Crippen LogP contribution in [0.2, 0.25) is 0 Å². The fourth-order valence-corrected chi connectivity index (χ4v) is 3.02. The summed E-state index contributed by atoms with van der Waals surface area (Å²) in [4.78, 5) is 25.1. The van der Waals surface area contributed by atoms with E-state index in [1.165, 1.54) is 5.01 Å². The van der Waals surface area contributed by atoms with E-state index in [2.05, 4.69) is 31.0 Å². The Morgan fingerprint density at radius 3 is 2.23 bits per heavy atom. The summed E-state index contributed by atoms with van der Waals surface area (Å²) < 4.78 is 0. The zero-order valence-corrected chi connectivity index (χ0v) is 15.3. The molecule has 0 radical (unpaired) electrons. The first-order valence-corrected chi connectivity index (χ1v) is 8.80. The number of carbonyl (C=O) groups is 1. The van der Waals surface area contributed by atoms with Gasteiger partial charge in [0.25, 0.3) is 5.91 Å². The van der Waals surface area contributed by atoms with Gasteiger partial charge in [-0.3, -0.25) is 10.2 Å². The van der Waals surface area contributed by atoms with Crippen LogP contribution in [-0.4, -0.2) is 44.3 Å². The molecule has 2 atom stereocenters. The van der Waals surface area contributed by atoms with Gasteiger partial charge >= 0.3 is 0 Å². The van der Waals surface area contributed by atoms with Crippen LogP contribution in [0.25, 0.3) is 0 Å². The highest BCUT2D eigenvalue weighted by atomic mass is 35.5. The molecule has 1 saturated heterocycles. The maximum Gasteiger partial charge on any atom is 0.262 e. The third-order valence-corrected chi connectivity index (χ3v) is 4.29. The summed E-state index contributed by atoms with van der Waals surface area (Å²) in [5.41, 5.74) is 10.3. The number of nitrogens with one attached hydrogen (secondary N) is 3. The Labute approximate surface area is 156 Å². The van der Waals surface area contributed by atoms with Gasteiger partial charge < -0.3 is 16.4 Å². The minimum atomic E-state index is -0.699. The summed E-state index contributed by atoms with van der Waals surface area (Å²) >= 11 is 6.23. The van der Waals surface area contributed by atoms with Crippen molar-refractivity contribution in [3.63, 3.8) is 0 Å². The van der Waals surface area contributed by atoms with Crippen molar-refractivity contribution in [2.24, 2.45) is 0 Å². The number of aromatic nitrogens is 3. The first kappa shape index (κ1) is 18.0. The van der Waals surface area contributed by atoms with Gasteiger partial charge in [0.15, 0.2) is 0 Å². The van der Waals surface area contributed by atoms with Crippen LogP contribution in [0, 0.1) is 0 Å². The molecule has 0 bridgehead atoms.